The molecular weight excluding hydrogens is 344 g/mol. The maximum absolute atomic E-state index is 12.3. The lowest BCUT2D eigenvalue weighted by molar-refractivity contribution is -0.114. The monoisotopic (exact) mass is 366 g/mol. The Hall–Kier alpha value is -3.35. The Morgan fingerprint density at radius 3 is 2.30 bits per heavy atom. The molecule has 3 amide bonds. The third-order valence-corrected chi connectivity index (χ3v) is 4.44. The van der Waals surface area contributed by atoms with Crippen molar-refractivity contribution < 1.29 is 14.4 Å². The highest BCUT2D eigenvalue weighted by atomic mass is 16.2. The summed E-state index contributed by atoms with van der Waals surface area (Å²) in [5, 5.41) is 5.66. The molecule has 1 aliphatic heterocycles. The number of carbonyl (C=O) groups excluding carboxylic acids is 3. The van der Waals surface area contributed by atoms with E-state index < -0.39 is 5.91 Å². The third-order valence-electron chi connectivity index (χ3n) is 4.44. The highest BCUT2D eigenvalue weighted by Gasteiger charge is 2.19. The molecule has 140 valence electrons. The van der Waals surface area contributed by atoms with Crippen LogP contribution in [0.5, 0.6) is 0 Å². The van der Waals surface area contributed by atoms with E-state index in [1.54, 1.807) is 48.5 Å². The van der Waals surface area contributed by atoms with Crippen molar-refractivity contribution >= 4 is 29.1 Å². The molecule has 7 heteroatoms. The van der Waals surface area contributed by atoms with E-state index in [-0.39, 0.29) is 18.4 Å². The Morgan fingerprint density at radius 1 is 0.963 bits per heavy atom. The Labute approximate surface area is 157 Å². The van der Waals surface area contributed by atoms with E-state index in [9.17, 15) is 14.4 Å². The molecule has 1 saturated heterocycles. The van der Waals surface area contributed by atoms with Crippen molar-refractivity contribution in [3.8, 4) is 0 Å². The van der Waals surface area contributed by atoms with Crippen LogP contribution in [0.1, 0.15) is 33.6 Å². The molecule has 0 aliphatic carbocycles. The van der Waals surface area contributed by atoms with Crippen LogP contribution in [0.25, 0.3) is 0 Å². The number of amides is 3. The van der Waals surface area contributed by atoms with Gasteiger partial charge in [0.05, 0.1) is 12.1 Å². The summed E-state index contributed by atoms with van der Waals surface area (Å²) in [6.45, 7) is 1.59. The number of nitrogens with one attached hydrogen (secondary N) is 2. The molecular formula is C20H22N4O3. The molecule has 0 atom stereocenters. The van der Waals surface area contributed by atoms with E-state index in [1.165, 1.54) is 0 Å². The molecule has 0 saturated carbocycles. The SMILES string of the molecule is NC(=O)c1ccccc1NCC(=O)Nc1ccc(C(=O)N2CCCC2)cc1. The first kappa shape index (κ1) is 18.4. The standard InChI is InChI=1S/C20H22N4O3/c21-19(26)16-5-1-2-6-17(16)22-13-18(25)23-15-9-7-14(8-10-15)20(27)24-11-3-4-12-24/h1-2,5-10,22H,3-4,11-13H2,(H2,21,26)(H,23,25). The second kappa shape index (κ2) is 8.35. The van der Waals surface area contributed by atoms with Gasteiger partial charge in [-0.3, -0.25) is 14.4 Å². The average molecular weight is 366 g/mol. The number of rotatable bonds is 6. The number of para-hydroxylation sites is 1. The van der Waals surface area contributed by atoms with Crippen molar-refractivity contribution in [2.75, 3.05) is 30.3 Å². The first-order chi connectivity index (χ1) is 13.0. The van der Waals surface area contributed by atoms with Gasteiger partial charge in [-0.2, -0.15) is 0 Å². The van der Waals surface area contributed by atoms with Crippen LogP contribution in [0.3, 0.4) is 0 Å². The summed E-state index contributed by atoms with van der Waals surface area (Å²) < 4.78 is 0. The number of hydrogen-bond donors (Lipinski definition) is 3. The predicted octanol–water partition coefficient (Wildman–Crippen LogP) is 2.07. The average Bonchev–Trinajstić information content (AvgIpc) is 3.21. The zero-order valence-corrected chi connectivity index (χ0v) is 14.9. The number of likely N-dealkylation sites (tertiary alicyclic amines) is 1. The number of nitrogens with zero attached hydrogens (tertiary/aromatic N) is 1. The Morgan fingerprint density at radius 2 is 1.63 bits per heavy atom. The van der Waals surface area contributed by atoms with Gasteiger partial charge in [0.25, 0.3) is 11.8 Å². The fourth-order valence-electron chi connectivity index (χ4n) is 3.03. The molecule has 1 aliphatic rings. The molecule has 0 aromatic heterocycles. The van der Waals surface area contributed by atoms with E-state index >= 15 is 0 Å². The van der Waals surface area contributed by atoms with Crippen molar-refractivity contribution in [1.82, 2.24) is 4.90 Å². The second-order valence-corrected chi connectivity index (χ2v) is 6.39. The molecule has 2 aromatic carbocycles. The topological polar surface area (TPSA) is 105 Å². The Bertz CT molecular complexity index is 843. The largest absolute Gasteiger partial charge is 0.376 e. The van der Waals surface area contributed by atoms with Crippen molar-refractivity contribution in [3.63, 3.8) is 0 Å². The van der Waals surface area contributed by atoms with Gasteiger partial charge in [0.15, 0.2) is 0 Å². The smallest absolute Gasteiger partial charge is 0.253 e. The predicted molar refractivity (Wildman–Crippen MR) is 104 cm³/mol. The van der Waals surface area contributed by atoms with Crippen LogP contribution in [-0.4, -0.2) is 42.3 Å². The van der Waals surface area contributed by atoms with E-state index in [2.05, 4.69) is 10.6 Å². The number of primary amides is 1. The molecule has 0 radical (unpaired) electrons. The summed E-state index contributed by atoms with van der Waals surface area (Å²) in [5.74, 6) is -0.806. The highest BCUT2D eigenvalue weighted by Crippen LogP contribution is 2.16. The maximum atomic E-state index is 12.3. The van der Waals surface area contributed by atoms with Crippen LogP contribution in [0, 0.1) is 0 Å². The van der Waals surface area contributed by atoms with Gasteiger partial charge in [-0.05, 0) is 49.2 Å². The molecule has 7 nitrogen and oxygen atoms in total. The van der Waals surface area contributed by atoms with Crippen LogP contribution >= 0.6 is 0 Å². The van der Waals surface area contributed by atoms with Gasteiger partial charge >= 0.3 is 0 Å². The normalized spacial score (nSPS) is 13.3. The van der Waals surface area contributed by atoms with Crippen LogP contribution in [0.4, 0.5) is 11.4 Å². The van der Waals surface area contributed by atoms with E-state index in [0.717, 1.165) is 25.9 Å². The molecule has 0 spiro atoms. The van der Waals surface area contributed by atoms with Crippen LogP contribution in [0.15, 0.2) is 48.5 Å². The molecule has 1 heterocycles. The molecule has 1 fully saturated rings. The lowest BCUT2D eigenvalue weighted by atomic mass is 10.1. The van der Waals surface area contributed by atoms with Gasteiger partial charge in [-0.15, -0.1) is 0 Å². The first-order valence-corrected chi connectivity index (χ1v) is 8.86. The van der Waals surface area contributed by atoms with Crippen molar-refractivity contribution in [2.24, 2.45) is 5.73 Å². The van der Waals surface area contributed by atoms with Gasteiger partial charge in [-0.25, -0.2) is 0 Å². The minimum absolute atomic E-state index is 0.0151. The van der Waals surface area contributed by atoms with Crippen LogP contribution in [-0.2, 0) is 4.79 Å². The van der Waals surface area contributed by atoms with Gasteiger partial charge in [0, 0.05) is 30.0 Å². The molecule has 0 bridgehead atoms. The van der Waals surface area contributed by atoms with Gasteiger partial charge in [0.2, 0.25) is 5.91 Å². The number of benzene rings is 2. The van der Waals surface area contributed by atoms with Gasteiger partial charge in [0.1, 0.15) is 0 Å². The number of carbonyl (C=O) groups is 3. The Kier molecular flexibility index (Phi) is 5.71. The summed E-state index contributed by atoms with van der Waals surface area (Å²) in [5.41, 5.74) is 7.37. The number of anilines is 2. The number of hydrogen-bond acceptors (Lipinski definition) is 4. The molecule has 4 N–H and O–H groups in total. The van der Waals surface area contributed by atoms with Crippen molar-refractivity contribution in [2.45, 2.75) is 12.8 Å². The summed E-state index contributed by atoms with van der Waals surface area (Å²) in [6.07, 6.45) is 2.09. The summed E-state index contributed by atoms with van der Waals surface area (Å²) >= 11 is 0. The van der Waals surface area contributed by atoms with Crippen molar-refractivity contribution in [3.05, 3.63) is 59.7 Å². The van der Waals surface area contributed by atoms with Gasteiger partial charge < -0.3 is 21.3 Å². The Balaban J connectivity index is 1.55. The van der Waals surface area contributed by atoms with E-state index in [1.807, 2.05) is 4.90 Å². The fourth-order valence-corrected chi connectivity index (χ4v) is 3.03. The lowest BCUT2D eigenvalue weighted by Gasteiger charge is -2.15. The summed E-state index contributed by atoms with van der Waals surface area (Å²) in [6, 6.07) is 13.6. The fraction of sp³-hybridized carbons (Fsp3) is 0.250. The first-order valence-electron chi connectivity index (χ1n) is 8.86. The van der Waals surface area contributed by atoms with E-state index in [4.69, 9.17) is 5.73 Å². The summed E-state index contributed by atoms with van der Waals surface area (Å²) in [4.78, 5) is 37.7. The van der Waals surface area contributed by atoms with Crippen LogP contribution < -0.4 is 16.4 Å². The molecule has 27 heavy (non-hydrogen) atoms. The quantitative estimate of drug-likeness (QED) is 0.728. The maximum Gasteiger partial charge on any atom is 0.253 e. The minimum Gasteiger partial charge on any atom is -0.376 e. The van der Waals surface area contributed by atoms with Crippen molar-refractivity contribution in [1.29, 1.82) is 0 Å². The van der Waals surface area contributed by atoms with Crippen LogP contribution in [0.2, 0.25) is 0 Å². The lowest BCUT2D eigenvalue weighted by Crippen LogP contribution is -2.27. The van der Waals surface area contributed by atoms with E-state index in [0.29, 0.717) is 22.5 Å². The number of nitrogens with two attached hydrogens (primary N) is 1. The molecule has 0 unspecified atom stereocenters. The minimum atomic E-state index is -0.559. The zero-order chi connectivity index (χ0) is 19.2. The molecule has 2 aromatic rings. The third kappa shape index (κ3) is 4.63. The highest BCUT2D eigenvalue weighted by molar-refractivity contribution is 6.00. The summed E-state index contributed by atoms with van der Waals surface area (Å²) in [7, 11) is 0. The zero-order valence-electron chi connectivity index (χ0n) is 14.9. The van der Waals surface area contributed by atoms with Gasteiger partial charge in [-0.1, -0.05) is 12.1 Å². The molecule has 3 rings (SSSR count). The second-order valence-electron chi connectivity index (χ2n) is 6.39.